The molecule has 0 radical (unpaired) electrons. The summed E-state index contributed by atoms with van der Waals surface area (Å²) in [5.74, 6) is 1.18. The minimum atomic E-state index is -0.0186. The minimum absolute atomic E-state index is 0.0186. The van der Waals surface area contributed by atoms with Gasteiger partial charge in [0.15, 0.2) is 0 Å². The fourth-order valence-electron chi connectivity index (χ4n) is 1.61. The molecular formula is C9H16O. The first-order valence-corrected chi connectivity index (χ1v) is 4.04. The Morgan fingerprint density at radius 3 is 2.70 bits per heavy atom. The maximum atomic E-state index is 9.27. The van der Waals surface area contributed by atoms with Crippen LogP contribution in [0.25, 0.3) is 0 Å². The van der Waals surface area contributed by atoms with E-state index in [0.717, 1.165) is 12.8 Å². The fourth-order valence-corrected chi connectivity index (χ4v) is 1.61. The molecule has 1 nitrogen and oxygen atoms in total. The molecule has 1 N–H and O–H groups in total. The van der Waals surface area contributed by atoms with Gasteiger partial charge in [-0.05, 0) is 31.1 Å². The highest BCUT2D eigenvalue weighted by Crippen LogP contribution is 2.35. The predicted octanol–water partition coefficient (Wildman–Crippen LogP) is 1.97. The van der Waals surface area contributed by atoms with Crippen LogP contribution >= 0.6 is 0 Å². The molecule has 1 aliphatic rings. The van der Waals surface area contributed by atoms with Gasteiger partial charge in [0.1, 0.15) is 0 Å². The Kier molecular flexibility index (Phi) is 2.50. The van der Waals surface area contributed by atoms with Crippen molar-refractivity contribution in [3.63, 3.8) is 0 Å². The van der Waals surface area contributed by atoms with Gasteiger partial charge >= 0.3 is 0 Å². The molecule has 0 aliphatic heterocycles. The highest BCUT2D eigenvalue weighted by Gasteiger charge is 2.32. The van der Waals surface area contributed by atoms with Crippen LogP contribution in [0, 0.1) is 11.8 Å². The highest BCUT2D eigenvalue weighted by molar-refractivity contribution is 4.86. The van der Waals surface area contributed by atoms with Crippen LogP contribution in [0.5, 0.6) is 0 Å². The van der Waals surface area contributed by atoms with E-state index < -0.39 is 0 Å². The van der Waals surface area contributed by atoms with E-state index in [1.807, 2.05) is 6.08 Å². The smallest absolute Gasteiger partial charge is 0.0571 e. The third kappa shape index (κ3) is 1.40. The number of aliphatic hydroxyl groups is 1. The summed E-state index contributed by atoms with van der Waals surface area (Å²) in [6.07, 6.45) is 5.18. The first-order chi connectivity index (χ1) is 4.75. The molecule has 1 saturated carbocycles. The molecule has 0 aromatic heterocycles. The van der Waals surface area contributed by atoms with Gasteiger partial charge in [-0.1, -0.05) is 13.0 Å². The van der Waals surface area contributed by atoms with Gasteiger partial charge in [-0.15, -0.1) is 6.58 Å². The van der Waals surface area contributed by atoms with E-state index >= 15 is 0 Å². The lowest BCUT2D eigenvalue weighted by Crippen LogP contribution is -2.35. The monoisotopic (exact) mass is 140 g/mol. The van der Waals surface area contributed by atoms with Crippen LogP contribution < -0.4 is 0 Å². The first-order valence-electron chi connectivity index (χ1n) is 4.04. The number of allylic oxidation sites excluding steroid dienone is 1. The van der Waals surface area contributed by atoms with Crippen molar-refractivity contribution in [1.82, 2.24) is 0 Å². The molecule has 1 heteroatoms. The maximum Gasteiger partial charge on any atom is 0.0571 e. The van der Waals surface area contributed by atoms with Crippen LogP contribution in [-0.2, 0) is 0 Å². The van der Waals surface area contributed by atoms with Gasteiger partial charge in [0.25, 0.3) is 0 Å². The third-order valence-electron chi connectivity index (χ3n) is 2.56. The number of rotatable bonds is 3. The lowest BCUT2D eigenvalue weighted by Gasteiger charge is -2.36. The highest BCUT2D eigenvalue weighted by atomic mass is 16.3. The van der Waals surface area contributed by atoms with Gasteiger partial charge < -0.3 is 5.11 Å². The number of hydrogen-bond acceptors (Lipinski definition) is 1. The van der Waals surface area contributed by atoms with Crippen molar-refractivity contribution in [2.24, 2.45) is 11.8 Å². The molecule has 0 aromatic rings. The van der Waals surface area contributed by atoms with E-state index in [4.69, 9.17) is 0 Å². The molecule has 0 amide bonds. The van der Waals surface area contributed by atoms with Crippen LogP contribution in [0.1, 0.15) is 26.2 Å². The number of hydrogen-bond donors (Lipinski definition) is 1. The van der Waals surface area contributed by atoms with Crippen molar-refractivity contribution in [3.05, 3.63) is 12.7 Å². The third-order valence-corrected chi connectivity index (χ3v) is 2.56. The summed E-state index contributed by atoms with van der Waals surface area (Å²) in [4.78, 5) is 0. The van der Waals surface area contributed by atoms with Crippen LogP contribution in [0.15, 0.2) is 12.7 Å². The largest absolute Gasteiger partial charge is 0.393 e. The lowest BCUT2D eigenvalue weighted by atomic mass is 9.73. The van der Waals surface area contributed by atoms with E-state index in [9.17, 15) is 5.11 Å². The Hall–Kier alpha value is -0.300. The van der Waals surface area contributed by atoms with Crippen LogP contribution in [0.2, 0.25) is 0 Å². The average molecular weight is 140 g/mol. The molecule has 1 aliphatic carbocycles. The van der Waals surface area contributed by atoms with E-state index in [1.54, 1.807) is 0 Å². The molecule has 0 spiro atoms. The molecule has 3 unspecified atom stereocenters. The summed E-state index contributed by atoms with van der Waals surface area (Å²) in [7, 11) is 0. The second-order valence-electron chi connectivity index (χ2n) is 3.31. The van der Waals surface area contributed by atoms with Crippen molar-refractivity contribution in [3.8, 4) is 0 Å². The molecule has 1 rings (SSSR count). The molecule has 0 saturated heterocycles. The molecule has 58 valence electrons. The van der Waals surface area contributed by atoms with Crippen LogP contribution in [-0.4, -0.2) is 11.2 Å². The lowest BCUT2D eigenvalue weighted by molar-refractivity contribution is -0.00482. The Balaban J connectivity index is 2.26. The molecule has 1 fully saturated rings. The van der Waals surface area contributed by atoms with Gasteiger partial charge in [-0.2, -0.15) is 0 Å². The Morgan fingerprint density at radius 2 is 2.40 bits per heavy atom. The predicted molar refractivity (Wildman–Crippen MR) is 42.7 cm³/mol. The Bertz CT molecular complexity index is 120. The zero-order valence-electron chi connectivity index (χ0n) is 6.59. The van der Waals surface area contributed by atoms with Crippen molar-refractivity contribution in [2.45, 2.75) is 32.3 Å². The second-order valence-corrected chi connectivity index (χ2v) is 3.31. The quantitative estimate of drug-likeness (QED) is 0.594. The summed E-state index contributed by atoms with van der Waals surface area (Å²) in [5, 5.41) is 9.27. The SMILES string of the molecule is C=CCC(C)C1CCC1O. The van der Waals surface area contributed by atoms with Crippen molar-refractivity contribution < 1.29 is 5.11 Å². The second kappa shape index (κ2) is 3.20. The molecular weight excluding hydrogens is 124 g/mol. The van der Waals surface area contributed by atoms with Gasteiger partial charge in [-0.25, -0.2) is 0 Å². The van der Waals surface area contributed by atoms with Crippen molar-refractivity contribution in [2.75, 3.05) is 0 Å². The molecule has 10 heavy (non-hydrogen) atoms. The van der Waals surface area contributed by atoms with E-state index in [-0.39, 0.29) is 6.10 Å². The Morgan fingerprint density at radius 1 is 1.70 bits per heavy atom. The summed E-state index contributed by atoms with van der Waals surface area (Å²) in [6.45, 7) is 5.87. The average Bonchev–Trinajstić information content (AvgIpc) is 1.85. The van der Waals surface area contributed by atoms with Gasteiger partial charge in [0.05, 0.1) is 6.10 Å². The summed E-state index contributed by atoms with van der Waals surface area (Å²) < 4.78 is 0. The fraction of sp³-hybridized carbons (Fsp3) is 0.778. The van der Waals surface area contributed by atoms with E-state index in [1.165, 1.54) is 6.42 Å². The topological polar surface area (TPSA) is 20.2 Å². The van der Waals surface area contributed by atoms with Gasteiger partial charge in [0.2, 0.25) is 0 Å². The summed E-state index contributed by atoms with van der Waals surface area (Å²) in [5.41, 5.74) is 0. The van der Waals surface area contributed by atoms with E-state index in [2.05, 4.69) is 13.5 Å². The van der Waals surface area contributed by atoms with Crippen molar-refractivity contribution in [1.29, 1.82) is 0 Å². The van der Waals surface area contributed by atoms with Gasteiger partial charge in [-0.3, -0.25) is 0 Å². The van der Waals surface area contributed by atoms with E-state index in [0.29, 0.717) is 11.8 Å². The van der Waals surface area contributed by atoms with Crippen molar-refractivity contribution >= 4 is 0 Å². The first kappa shape index (κ1) is 7.80. The molecule has 0 bridgehead atoms. The standard InChI is InChI=1S/C9H16O/c1-3-4-7(2)8-5-6-9(8)10/h3,7-10H,1,4-6H2,2H3. The number of aliphatic hydroxyl groups excluding tert-OH is 1. The zero-order chi connectivity index (χ0) is 7.56. The molecule has 0 heterocycles. The maximum absolute atomic E-state index is 9.27. The van der Waals surface area contributed by atoms with Crippen LogP contribution in [0.3, 0.4) is 0 Å². The minimum Gasteiger partial charge on any atom is -0.393 e. The molecule has 3 atom stereocenters. The summed E-state index contributed by atoms with van der Waals surface area (Å²) in [6, 6.07) is 0. The molecule has 0 aromatic carbocycles. The van der Waals surface area contributed by atoms with Crippen LogP contribution in [0.4, 0.5) is 0 Å². The zero-order valence-corrected chi connectivity index (χ0v) is 6.59. The van der Waals surface area contributed by atoms with Gasteiger partial charge in [0, 0.05) is 0 Å². The normalized spacial score (nSPS) is 34.6. The summed E-state index contributed by atoms with van der Waals surface area (Å²) >= 11 is 0. The Labute approximate surface area is 62.8 Å².